The third-order valence-electron chi connectivity index (χ3n) is 3.05. The summed E-state index contributed by atoms with van der Waals surface area (Å²) in [5.41, 5.74) is 3.30. The van der Waals surface area contributed by atoms with E-state index < -0.39 is 0 Å². The molecule has 0 heterocycles. The van der Waals surface area contributed by atoms with Crippen LogP contribution in [0.15, 0.2) is 40.9 Å². The third kappa shape index (κ3) is 2.71. The Morgan fingerprint density at radius 1 is 1.11 bits per heavy atom. The molecule has 0 spiro atoms. The maximum absolute atomic E-state index is 12.5. The van der Waals surface area contributed by atoms with Gasteiger partial charge in [0.25, 0.3) is 0 Å². The molecule has 2 rings (SSSR count). The minimum atomic E-state index is 0.0151. The molecule has 2 aromatic carbocycles. The Hall–Kier alpha value is -1.61. The number of aryl methyl sites for hydroxylation is 2. The Bertz CT molecular complexity index is 609. The summed E-state index contributed by atoms with van der Waals surface area (Å²) < 4.78 is 6.13. The van der Waals surface area contributed by atoms with Gasteiger partial charge in [0.05, 0.1) is 7.11 Å². The van der Waals surface area contributed by atoms with Crippen LogP contribution in [0.25, 0.3) is 0 Å². The number of methoxy groups -OCH3 is 1. The number of hydrogen-bond donors (Lipinski definition) is 0. The zero-order chi connectivity index (χ0) is 14.0. The first-order valence-corrected chi connectivity index (χ1v) is 6.78. The molecule has 98 valence electrons. The molecule has 0 fully saturated rings. The van der Waals surface area contributed by atoms with E-state index in [2.05, 4.69) is 15.9 Å². The molecule has 0 aliphatic rings. The lowest BCUT2D eigenvalue weighted by molar-refractivity contribution is 0.103. The Balaban J connectivity index is 2.49. The minimum absolute atomic E-state index is 0.0151. The van der Waals surface area contributed by atoms with Crippen LogP contribution in [0.5, 0.6) is 5.75 Å². The van der Waals surface area contributed by atoms with E-state index in [0.29, 0.717) is 11.1 Å². The highest BCUT2D eigenvalue weighted by Gasteiger charge is 2.15. The van der Waals surface area contributed by atoms with Crippen molar-refractivity contribution in [2.45, 2.75) is 13.8 Å². The molecule has 0 aliphatic heterocycles. The third-order valence-corrected chi connectivity index (χ3v) is 3.74. The van der Waals surface area contributed by atoms with Crippen LogP contribution in [0.2, 0.25) is 0 Å². The van der Waals surface area contributed by atoms with Crippen LogP contribution < -0.4 is 4.74 Å². The molecule has 2 aromatic rings. The van der Waals surface area contributed by atoms with Gasteiger partial charge in [0, 0.05) is 15.6 Å². The minimum Gasteiger partial charge on any atom is -0.496 e. The smallest absolute Gasteiger partial charge is 0.194 e. The standard InChI is InChI=1S/C16H15BrO2/c1-10-8-12(9-11(2)16(10)19-3)15(18)13-6-4-5-7-14(13)17/h4-9H,1-3H3. The molecule has 0 N–H and O–H groups in total. The maximum atomic E-state index is 12.5. The molecule has 0 bridgehead atoms. The van der Waals surface area contributed by atoms with Crippen LogP contribution in [-0.2, 0) is 0 Å². The van der Waals surface area contributed by atoms with Gasteiger partial charge >= 0.3 is 0 Å². The predicted molar refractivity (Wildman–Crippen MR) is 80.0 cm³/mol. The average molecular weight is 319 g/mol. The van der Waals surface area contributed by atoms with E-state index in [1.165, 1.54) is 0 Å². The van der Waals surface area contributed by atoms with Crippen LogP contribution >= 0.6 is 15.9 Å². The van der Waals surface area contributed by atoms with E-state index in [-0.39, 0.29) is 5.78 Å². The van der Waals surface area contributed by atoms with E-state index in [1.807, 2.05) is 50.2 Å². The van der Waals surface area contributed by atoms with Crippen LogP contribution in [0.1, 0.15) is 27.0 Å². The van der Waals surface area contributed by atoms with Crippen molar-refractivity contribution in [3.8, 4) is 5.75 Å². The van der Waals surface area contributed by atoms with E-state index in [0.717, 1.165) is 21.3 Å². The normalized spacial score (nSPS) is 10.3. The number of halogens is 1. The predicted octanol–water partition coefficient (Wildman–Crippen LogP) is 4.31. The van der Waals surface area contributed by atoms with Gasteiger partial charge in [-0.2, -0.15) is 0 Å². The summed E-state index contributed by atoms with van der Waals surface area (Å²) in [6.45, 7) is 3.89. The highest BCUT2D eigenvalue weighted by molar-refractivity contribution is 9.10. The number of hydrogen-bond acceptors (Lipinski definition) is 2. The van der Waals surface area contributed by atoms with E-state index in [4.69, 9.17) is 4.74 Å². The lowest BCUT2D eigenvalue weighted by atomic mass is 9.98. The molecule has 19 heavy (non-hydrogen) atoms. The summed E-state index contributed by atoms with van der Waals surface area (Å²) in [5.74, 6) is 0.852. The molecular weight excluding hydrogens is 304 g/mol. The highest BCUT2D eigenvalue weighted by atomic mass is 79.9. The van der Waals surface area contributed by atoms with E-state index in [9.17, 15) is 4.79 Å². The molecule has 0 aliphatic carbocycles. The van der Waals surface area contributed by atoms with Gasteiger partial charge in [-0.05, 0) is 49.2 Å². The Morgan fingerprint density at radius 2 is 1.68 bits per heavy atom. The number of carbonyl (C=O) groups excluding carboxylic acids is 1. The van der Waals surface area contributed by atoms with Gasteiger partial charge in [0.15, 0.2) is 5.78 Å². The molecule has 0 atom stereocenters. The first kappa shape index (κ1) is 13.8. The van der Waals surface area contributed by atoms with Crippen molar-refractivity contribution in [2.24, 2.45) is 0 Å². The van der Waals surface area contributed by atoms with Gasteiger partial charge in [-0.1, -0.05) is 28.1 Å². The Labute approximate surface area is 121 Å². The second kappa shape index (κ2) is 5.57. The van der Waals surface area contributed by atoms with Crippen LogP contribution in [-0.4, -0.2) is 12.9 Å². The molecule has 2 nitrogen and oxygen atoms in total. The first-order valence-electron chi connectivity index (χ1n) is 5.99. The van der Waals surface area contributed by atoms with Crippen molar-refractivity contribution in [1.29, 1.82) is 0 Å². The summed E-state index contributed by atoms with van der Waals surface area (Å²) in [6.07, 6.45) is 0. The molecule has 0 radical (unpaired) electrons. The molecule has 0 amide bonds. The lowest BCUT2D eigenvalue weighted by Crippen LogP contribution is -2.04. The van der Waals surface area contributed by atoms with Gasteiger partial charge in [-0.25, -0.2) is 0 Å². The highest BCUT2D eigenvalue weighted by Crippen LogP contribution is 2.27. The second-order valence-electron chi connectivity index (χ2n) is 4.45. The van der Waals surface area contributed by atoms with Crippen molar-refractivity contribution in [1.82, 2.24) is 0 Å². The molecule has 0 unspecified atom stereocenters. The zero-order valence-corrected chi connectivity index (χ0v) is 12.7. The van der Waals surface area contributed by atoms with E-state index in [1.54, 1.807) is 7.11 Å². The van der Waals surface area contributed by atoms with Crippen LogP contribution in [0.4, 0.5) is 0 Å². The van der Waals surface area contributed by atoms with Crippen LogP contribution in [0, 0.1) is 13.8 Å². The summed E-state index contributed by atoms with van der Waals surface area (Å²) >= 11 is 3.41. The Morgan fingerprint density at radius 3 is 2.21 bits per heavy atom. The molecule has 0 aromatic heterocycles. The first-order chi connectivity index (χ1) is 9.04. The summed E-state index contributed by atoms with van der Waals surface area (Å²) in [4.78, 5) is 12.5. The van der Waals surface area contributed by atoms with Gasteiger partial charge in [-0.15, -0.1) is 0 Å². The fraction of sp³-hybridized carbons (Fsp3) is 0.188. The van der Waals surface area contributed by atoms with Gasteiger partial charge in [0.2, 0.25) is 0 Å². The summed E-state index contributed by atoms with van der Waals surface area (Å²) in [7, 11) is 1.64. The quantitative estimate of drug-likeness (QED) is 0.788. The number of ether oxygens (including phenoxy) is 1. The van der Waals surface area contributed by atoms with Crippen LogP contribution in [0.3, 0.4) is 0 Å². The molecule has 0 saturated carbocycles. The zero-order valence-electron chi connectivity index (χ0n) is 11.2. The number of ketones is 1. The average Bonchev–Trinajstić information content (AvgIpc) is 2.38. The van der Waals surface area contributed by atoms with Gasteiger partial charge in [0.1, 0.15) is 5.75 Å². The fourth-order valence-corrected chi connectivity index (χ4v) is 2.67. The summed E-state index contributed by atoms with van der Waals surface area (Å²) in [5, 5.41) is 0. The van der Waals surface area contributed by atoms with Crippen molar-refractivity contribution < 1.29 is 9.53 Å². The largest absolute Gasteiger partial charge is 0.496 e. The summed E-state index contributed by atoms with van der Waals surface area (Å²) in [6, 6.07) is 11.2. The maximum Gasteiger partial charge on any atom is 0.194 e. The second-order valence-corrected chi connectivity index (χ2v) is 5.31. The Kier molecular flexibility index (Phi) is 4.05. The van der Waals surface area contributed by atoms with Crippen molar-refractivity contribution >= 4 is 21.7 Å². The number of rotatable bonds is 3. The van der Waals surface area contributed by atoms with Crippen molar-refractivity contribution in [3.63, 3.8) is 0 Å². The van der Waals surface area contributed by atoms with Crippen molar-refractivity contribution in [3.05, 3.63) is 63.1 Å². The van der Waals surface area contributed by atoms with Gasteiger partial charge < -0.3 is 4.74 Å². The monoisotopic (exact) mass is 318 g/mol. The molecule has 3 heteroatoms. The number of benzene rings is 2. The fourth-order valence-electron chi connectivity index (χ4n) is 2.20. The number of carbonyl (C=O) groups is 1. The molecular formula is C16H15BrO2. The molecule has 0 saturated heterocycles. The topological polar surface area (TPSA) is 26.3 Å². The lowest BCUT2D eigenvalue weighted by Gasteiger charge is -2.11. The van der Waals surface area contributed by atoms with E-state index >= 15 is 0 Å². The van der Waals surface area contributed by atoms with Gasteiger partial charge in [-0.3, -0.25) is 4.79 Å². The SMILES string of the molecule is COc1c(C)cc(C(=O)c2ccccc2Br)cc1C. The van der Waals surface area contributed by atoms with Crippen molar-refractivity contribution in [2.75, 3.05) is 7.11 Å².